The Morgan fingerprint density at radius 2 is 2.12 bits per heavy atom. The van der Waals surface area contributed by atoms with Crippen LogP contribution in [0, 0.1) is 5.41 Å². The van der Waals surface area contributed by atoms with Crippen molar-refractivity contribution in [1.29, 1.82) is 0 Å². The zero-order chi connectivity index (χ0) is 22.3. The molecule has 1 amide bonds. The van der Waals surface area contributed by atoms with Crippen molar-refractivity contribution in [2.75, 3.05) is 25.5 Å². The van der Waals surface area contributed by atoms with E-state index in [1.807, 2.05) is 31.2 Å². The molecule has 3 heterocycles. The second-order valence-electron chi connectivity index (χ2n) is 8.44. The Morgan fingerprint density at radius 1 is 1.31 bits per heavy atom. The molecule has 9 nitrogen and oxygen atoms in total. The molecule has 1 aliphatic heterocycles. The van der Waals surface area contributed by atoms with Crippen LogP contribution in [0.2, 0.25) is 0 Å². The van der Waals surface area contributed by atoms with Gasteiger partial charge in [0, 0.05) is 30.3 Å². The molecule has 10 heteroatoms. The highest BCUT2D eigenvalue weighted by atomic mass is 79.9. The Labute approximate surface area is 193 Å². The summed E-state index contributed by atoms with van der Waals surface area (Å²) in [7, 11) is 1.69. The summed E-state index contributed by atoms with van der Waals surface area (Å²) >= 11 is 3.52. The molecule has 0 spiro atoms. The third-order valence-corrected chi connectivity index (χ3v) is 6.76. The number of hydrogen-bond acceptors (Lipinski definition) is 7. The SMILES string of the molecule is CNC(=O)[C@]1(C)CC[C@@H](Nc2ncc3c(Br)nn(-c4ccc(C5=NCCO5)cc4)c3n2)C1. The minimum atomic E-state index is -0.365. The van der Waals surface area contributed by atoms with Crippen LogP contribution in [0.4, 0.5) is 5.95 Å². The number of rotatable bonds is 5. The highest BCUT2D eigenvalue weighted by Crippen LogP contribution is 2.39. The second kappa shape index (κ2) is 8.16. The molecule has 2 aromatic heterocycles. The van der Waals surface area contributed by atoms with E-state index in [1.54, 1.807) is 17.9 Å². The van der Waals surface area contributed by atoms with Gasteiger partial charge in [0.2, 0.25) is 17.8 Å². The van der Waals surface area contributed by atoms with Gasteiger partial charge < -0.3 is 15.4 Å². The minimum absolute atomic E-state index is 0.0811. The van der Waals surface area contributed by atoms with Gasteiger partial charge in [-0.15, -0.1) is 0 Å². The molecule has 5 rings (SSSR count). The molecule has 3 aromatic rings. The molecule has 166 valence electrons. The molecule has 1 fully saturated rings. The van der Waals surface area contributed by atoms with Gasteiger partial charge in [-0.1, -0.05) is 6.92 Å². The van der Waals surface area contributed by atoms with Crippen molar-refractivity contribution >= 4 is 44.7 Å². The average molecular weight is 498 g/mol. The van der Waals surface area contributed by atoms with Crippen LogP contribution in [0.25, 0.3) is 16.7 Å². The molecule has 2 N–H and O–H groups in total. The van der Waals surface area contributed by atoms with Gasteiger partial charge in [0.05, 0.1) is 17.6 Å². The lowest BCUT2D eigenvalue weighted by Crippen LogP contribution is -2.35. The fourth-order valence-corrected chi connectivity index (χ4v) is 4.87. The number of aromatic nitrogens is 4. The number of benzene rings is 1. The molecule has 2 atom stereocenters. The van der Waals surface area contributed by atoms with Gasteiger partial charge in [-0.2, -0.15) is 10.1 Å². The normalized spacial score (nSPS) is 22.6. The predicted octanol–water partition coefficient (Wildman–Crippen LogP) is 3.07. The number of hydrogen-bond donors (Lipinski definition) is 2. The maximum Gasteiger partial charge on any atom is 0.225 e. The summed E-state index contributed by atoms with van der Waals surface area (Å²) in [5.74, 6) is 1.29. The topological polar surface area (TPSA) is 106 Å². The Hall–Kier alpha value is -3.01. The number of ether oxygens (including phenoxy) is 1. The van der Waals surface area contributed by atoms with E-state index < -0.39 is 0 Å². The van der Waals surface area contributed by atoms with Crippen molar-refractivity contribution in [2.45, 2.75) is 32.2 Å². The van der Waals surface area contributed by atoms with E-state index in [2.05, 4.69) is 41.6 Å². The standard InChI is InChI=1S/C22H24BrN7O2/c1-22(20(31)24-2)8-7-14(11-22)27-21-26-12-16-17(23)29-30(18(16)28-21)15-5-3-13(4-6-15)19-25-9-10-32-19/h3-6,12,14H,7-11H2,1-2H3,(H,24,31)(H,26,27,28)/t14-,22-/m1/s1. The lowest BCUT2D eigenvalue weighted by atomic mass is 9.87. The van der Waals surface area contributed by atoms with E-state index in [0.717, 1.165) is 35.9 Å². The maximum atomic E-state index is 12.2. The summed E-state index contributed by atoms with van der Waals surface area (Å²) in [5, 5.41) is 11.6. The lowest BCUT2D eigenvalue weighted by Gasteiger charge is -2.22. The van der Waals surface area contributed by atoms with Crippen LogP contribution in [0.5, 0.6) is 0 Å². The first kappa shape index (κ1) is 20.9. The van der Waals surface area contributed by atoms with Crippen molar-refractivity contribution in [3.8, 4) is 5.69 Å². The van der Waals surface area contributed by atoms with Gasteiger partial charge in [-0.3, -0.25) is 4.79 Å². The zero-order valence-electron chi connectivity index (χ0n) is 17.9. The lowest BCUT2D eigenvalue weighted by molar-refractivity contribution is -0.129. The molecule has 32 heavy (non-hydrogen) atoms. The van der Waals surface area contributed by atoms with E-state index in [0.29, 0.717) is 35.2 Å². The van der Waals surface area contributed by atoms with Crippen LogP contribution in [-0.4, -0.2) is 57.8 Å². The number of fused-ring (bicyclic) bond motifs is 1. The van der Waals surface area contributed by atoms with E-state index >= 15 is 0 Å². The number of anilines is 1. The third kappa shape index (κ3) is 3.72. The van der Waals surface area contributed by atoms with Crippen LogP contribution >= 0.6 is 15.9 Å². The second-order valence-corrected chi connectivity index (χ2v) is 9.19. The number of halogens is 1. The van der Waals surface area contributed by atoms with Crippen LogP contribution in [0.15, 0.2) is 40.1 Å². The minimum Gasteiger partial charge on any atom is -0.476 e. The molecule has 2 aliphatic rings. The number of nitrogens with one attached hydrogen (secondary N) is 2. The first-order valence-electron chi connectivity index (χ1n) is 10.6. The van der Waals surface area contributed by atoms with Gasteiger partial charge in [-0.05, 0) is 59.5 Å². The van der Waals surface area contributed by atoms with Crippen molar-refractivity contribution in [3.63, 3.8) is 0 Å². The quantitative estimate of drug-likeness (QED) is 0.560. The first-order valence-corrected chi connectivity index (χ1v) is 11.4. The van der Waals surface area contributed by atoms with Crippen LogP contribution < -0.4 is 10.6 Å². The molecular weight excluding hydrogens is 474 g/mol. The Kier molecular flexibility index (Phi) is 5.32. The highest BCUT2D eigenvalue weighted by molar-refractivity contribution is 9.10. The van der Waals surface area contributed by atoms with Crippen molar-refractivity contribution in [3.05, 3.63) is 40.6 Å². The van der Waals surface area contributed by atoms with Crippen LogP contribution in [0.3, 0.4) is 0 Å². The van der Waals surface area contributed by atoms with Gasteiger partial charge in [0.15, 0.2) is 5.65 Å². The number of carbonyl (C=O) groups is 1. The number of amides is 1. The molecular formula is C22H24BrN7O2. The third-order valence-electron chi connectivity index (χ3n) is 6.17. The first-order chi connectivity index (χ1) is 15.5. The van der Waals surface area contributed by atoms with E-state index in [-0.39, 0.29) is 17.4 Å². The Morgan fingerprint density at radius 3 is 2.84 bits per heavy atom. The van der Waals surface area contributed by atoms with Crippen molar-refractivity contribution in [1.82, 2.24) is 25.1 Å². The summed E-state index contributed by atoms with van der Waals surface area (Å²) in [6.45, 7) is 3.34. The van der Waals surface area contributed by atoms with Crippen LogP contribution in [0.1, 0.15) is 31.7 Å². The fraction of sp³-hybridized carbons (Fsp3) is 0.409. The van der Waals surface area contributed by atoms with Gasteiger partial charge in [0.1, 0.15) is 11.2 Å². The molecule has 1 aliphatic carbocycles. The monoisotopic (exact) mass is 497 g/mol. The molecule has 0 saturated heterocycles. The molecule has 1 aromatic carbocycles. The molecule has 1 saturated carbocycles. The Balaban J connectivity index is 1.41. The molecule has 0 radical (unpaired) electrons. The van der Waals surface area contributed by atoms with Gasteiger partial charge >= 0.3 is 0 Å². The predicted molar refractivity (Wildman–Crippen MR) is 125 cm³/mol. The van der Waals surface area contributed by atoms with Crippen molar-refractivity contribution in [2.24, 2.45) is 10.4 Å². The largest absolute Gasteiger partial charge is 0.476 e. The Bertz CT molecular complexity index is 1210. The van der Waals surface area contributed by atoms with E-state index in [9.17, 15) is 4.79 Å². The maximum absolute atomic E-state index is 12.2. The highest BCUT2D eigenvalue weighted by Gasteiger charge is 2.40. The van der Waals surface area contributed by atoms with Gasteiger partial charge in [0.25, 0.3) is 0 Å². The number of carbonyl (C=O) groups excluding carboxylic acids is 1. The average Bonchev–Trinajstić information content (AvgIpc) is 3.54. The smallest absolute Gasteiger partial charge is 0.225 e. The summed E-state index contributed by atoms with van der Waals surface area (Å²) in [6, 6.07) is 8.03. The number of aliphatic imine (C=N–C) groups is 1. The van der Waals surface area contributed by atoms with Gasteiger partial charge in [-0.25, -0.2) is 14.7 Å². The zero-order valence-corrected chi connectivity index (χ0v) is 19.5. The van der Waals surface area contributed by atoms with Crippen molar-refractivity contribution < 1.29 is 9.53 Å². The summed E-state index contributed by atoms with van der Waals surface area (Å²) in [6.07, 6.45) is 4.23. The molecule has 0 bridgehead atoms. The van der Waals surface area contributed by atoms with E-state index in [1.165, 1.54) is 0 Å². The fourth-order valence-electron chi connectivity index (χ4n) is 4.43. The summed E-state index contributed by atoms with van der Waals surface area (Å²) < 4.78 is 8.01. The van der Waals surface area contributed by atoms with E-state index in [4.69, 9.17) is 9.72 Å². The van der Waals surface area contributed by atoms with Crippen LogP contribution in [-0.2, 0) is 9.53 Å². The summed E-state index contributed by atoms with van der Waals surface area (Å²) in [4.78, 5) is 25.8. The number of nitrogens with zero attached hydrogens (tertiary/aromatic N) is 5. The molecule has 0 unspecified atom stereocenters. The summed E-state index contributed by atoms with van der Waals surface area (Å²) in [5.41, 5.74) is 2.15.